The number of methoxy groups -OCH3 is 1. The van der Waals surface area contributed by atoms with Gasteiger partial charge in [0.25, 0.3) is 5.91 Å². The van der Waals surface area contributed by atoms with E-state index in [-0.39, 0.29) is 5.91 Å². The van der Waals surface area contributed by atoms with Crippen molar-refractivity contribution in [2.75, 3.05) is 12.4 Å². The van der Waals surface area contributed by atoms with Crippen molar-refractivity contribution in [3.8, 4) is 11.5 Å². The molecule has 6 heteroatoms. The van der Waals surface area contributed by atoms with Crippen LogP contribution in [0.3, 0.4) is 0 Å². The highest BCUT2D eigenvalue weighted by molar-refractivity contribution is 9.10. The van der Waals surface area contributed by atoms with E-state index in [1.165, 1.54) is 7.11 Å². The molecule has 0 aliphatic carbocycles. The van der Waals surface area contributed by atoms with E-state index in [1.807, 2.05) is 49.4 Å². The van der Waals surface area contributed by atoms with Gasteiger partial charge in [0.15, 0.2) is 11.5 Å². The summed E-state index contributed by atoms with van der Waals surface area (Å²) >= 11 is 9.69. The van der Waals surface area contributed by atoms with E-state index in [9.17, 15) is 4.79 Å². The molecule has 0 spiro atoms. The van der Waals surface area contributed by atoms with Gasteiger partial charge in [-0.2, -0.15) is 0 Å². The maximum absolute atomic E-state index is 12.7. The molecule has 0 atom stereocenters. The van der Waals surface area contributed by atoms with Gasteiger partial charge in [-0.25, -0.2) is 0 Å². The van der Waals surface area contributed by atoms with E-state index in [1.54, 1.807) is 18.2 Å². The zero-order valence-electron chi connectivity index (χ0n) is 15.5. The van der Waals surface area contributed by atoms with Crippen molar-refractivity contribution in [1.29, 1.82) is 0 Å². The molecule has 0 bridgehead atoms. The average Bonchev–Trinajstić information content (AvgIpc) is 2.70. The highest BCUT2D eigenvalue weighted by Gasteiger charge is 2.17. The maximum atomic E-state index is 12.7. The minimum absolute atomic E-state index is 0.287. The minimum atomic E-state index is -0.287. The van der Waals surface area contributed by atoms with Crippen LogP contribution in [-0.2, 0) is 6.61 Å². The summed E-state index contributed by atoms with van der Waals surface area (Å²) in [5.74, 6) is 0.716. The van der Waals surface area contributed by atoms with E-state index < -0.39 is 0 Å². The predicted octanol–water partition coefficient (Wildman–Crippen LogP) is 6.25. The molecule has 0 unspecified atom stereocenters. The molecule has 0 saturated carbocycles. The number of carbonyl (C=O) groups excluding carboxylic acids is 1. The van der Waals surface area contributed by atoms with Gasteiger partial charge in [0, 0.05) is 5.56 Å². The van der Waals surface area contributed by atoms with Crippen LogP contribution in [0.4, 0.5) is 5.69 Å². The minimum Gasteiger partial charge on any atom is -0.493 e. The van der Waals surface area contributed by atoms with Gasteiger partial charge in [0.2, 0.25) is 0 Å². The Bertz CT molecular complexity index is 972. The lowest BCUT2D eigenvalue weighted by molar-refractivity contribution is 0.102. The van der Waals surface area contributed by atoms with Crippen LogP contribution in [0.15, 0.2) is 65.1 Å². The van der Waals surface area contributed by atoms with Crippen LogP contribution >= 0.6 is 27.5 Å². The van der Waals surface area contributed by atoms with Gasteiger partial charge in [-0.15, -0.1) is 0 Å². The van der Waals surface area contributed by atoms with Crippen molar-refractivity contribution in [2.45, 2.75) is 13.5 Å². The SMILES string of the molecule is COc1cc(C(=O)Nc2c(C)cccc2Cl)cc(Br)c1OCc1ccccc1. The number of hydrogen-bond acceptors (Lipinski definition) is 3. The van der Waals surface area contributed by atoms with Crippen molar-refractivity contribution < 1.29 is 14.3 Å². The zero-order chi connectivity index (χ0) is 20.1. The summed E-state index contributed by atoms with van der Waals surface area (Å²) in [5, 5.41) is 3.35. The average molecular weight is 461 g/mol. The predicted molar refractivity (Wildman–Crippen MR) is 116 cm³/mol. The first kappa shape index (κ1) is 20.2. The van der Waals surface area contributed by atoms with Crippen molar-refractivity contribution in [3.05, 3.63) is 86.8 Å². The topological polar surface area (TPSA) is 47.6 Å². The van der Waals surface area contributed by atoms with Crippen molar-refractivity contribution in [2.24, 2.45) is 0 Å². The van der Waals surface area contributed by atoms with Crippen LogP contribution < -0.4 is 14.8 Å². The standard InChI is InChI=1S/C22H19BrClNO3/c1-14-7-6-10-18(24)20(14)25-22(26)16-11-17(23)21(19(12-16)27-2)28-13-15-8-4-3-5-9-15/h3-12H,13H2,1-2H3,(H,25,26). The fourth-order valence-corrected chi connectivity index (χ4v) is 3.52. The highest BCUT2D eigenvalue weighted by Crippen LogP contribution is 2.37. The fraction of sp³-hybridized carbons (Fsp3) is 0.136. The van der Waals surface area contributed by atoms with Gasteiger partial charge in [-0.05, 0) is 52.2 Å². The smallest absolute Gasteiger partial charge is 0.255 e. The molecule has 1 N–H and O–H groups in total. The summed E-state index contributed by atoms with van der Waals surface area (Å²) in [6, 6.07) is 18.6. The summed E-state index contributed by atoms with van der Waals surface area (Å²) in [6.07, 6.45) is 0. The summed E-state index contributed by atoms with van der Waals surface area (Å²) in [5.41, 5.74) is 2.94. The number of anilines is 1. The van der Waals surface area contributed by atoms with Gasteiger partial charge < -0.3 is 14.8 Å². The van der Waals surface area contributed by atoms with Gasteiger partial charge in [-0.3, -0.25) is 4.79 Å². The lowest BCUT2D eigenvalue weighted by Crippen LogP contribution is -2.13. The number of para-hydroxylation sites is 1. The van der Waals surface area contributed by atoms with E-state index in [2.05, 4.69) is 21.2 Å². The van der Waals surface area contributed by atoms with Crippen LogP contribution in [0.1, 0.15) is 21.5 Å². The van der Waals surface area contributed by atoms with E-state index >= 15 is 0 Å². The molecule has 1 amide bonds. The number of hydrogen-bond donors (Lipinski definition) is 1. The number of ether oxygens (including phenoxy) is 2. The Morgan fingerprint density at radius 1 is 1.11 bits per heavy atom. The van der Waals surface area contributed by atoms with Crippen LogP contribution in [0.25, 0.3) is 0 Å². The van der Waals surface area contributed by atoms with Crippen LogP contribution in [0.2, 0.25) is 5.02 Å². The summed E-state index contributed by atoms with van der Waals surface area (Å²) < 4.78 is 12.0. The summed E-state index contributed by atoms with van der Waals surface area (Å²) in [4.78, 5) is 12.7. The third kappa shape index (κ3) is 4.66. The molecule has 4 nitrogen and oxygen atoms in total. The lowest BCUT2D eigenvalue weighted by atomic mass is 10.1. The quantitative estimate of drug-likeness (QED) is 0.473. The molecule has 0 aliphatic rings. The van der Waals surface area contributed by atoms with Gasteiger partial charge in [-0.1, -0.05) is 54.1 Å². The van der Waals surface area contributed by atoms with Crippen LogP contribution in [-0.4, -0.2) is 13.0 Å². The second-order valence-electron chi connectivity index (χ2n) is 6.15. The Balaban J connectivity index is 1.83. The van der Waals surface area contributed by atoms with Gasteiger partial charge >= 0.3 is 0 Å². The summed E-state index contributed by atoms with van der Waals surface area (Å²) in [7, 11) is 1.54. The van der Waals surface area contributed by atoms with Crippen molar-refractivity contribution >= 4 is 39.1 Å². The Morgan fingerprint density at radius 3 is 2.54 bits per heavy atom. The fourth-order valence-electron chi connectivity index (χ4n) is 2.70. The molecule has 144 valence electrons. The number of carbonyl (C=O) groups is 1. The molecule has 0 saturated heterocycles. The monoisotopic (exact) mass is 459 g/mol. The first-order valence-electron chi connectivity index (χ1n) is 8.60. The van der Waals surface area contributed by atoms with Crippen molar-refractivity contribution in [1.82, 2.24) is 0 Å². The number of benzene rings is 3. The molecule has 0 aromatic heterocycles. The Kier molecular flexibility index (Phi) is 6.60. The zero-order valence-corrected chi connectivity index (χ0v) is 17.8. The van der Waals surface area contributed by atoms with Crippen LogP contribution in [0.5, 0.6) is 11.5 Å². The summed E-state index contributed by atoms with van der Waals surface area (Å²) in [6.45, 7) is 2.28. The Labute approximate surface area is 177 Å². The molecular weight excluding hydrogens is 442 g/mol. The molecule has 3 rings (SSSR count). The molecule has 0 fully saturated rings. The second kappa shape index (κ2) is 9.13. The molecule has 0 heterocycles. The van der Waals surface area contributed by atoms with Gasteiger partial charge in [0.05, 0.1) is 22.3 Å². The number of amides is 1. The Hall–Kier alpha value is -2.50. The highest BCUT2D eigenvalue weighted by atomic mass is 79.9. The van der Waals surface area contributed by atoms with E-state index in [0.717, 1.165) is 11.1 Å². The lowest BCUT2D eigenvalue weighted by Gasteiger charge is -2.15. The third-order valence-corrected chi connectivity index (χ3v) is 5.08. The second-order valence-corrected chi connectivity index (χ2v) is 7.41. The molecule has 28 heavy (non-hydrogen) atoms. The van der Waals surface area contributed by atoms with E-state index in [4.69, 9.17) is 21.1 Å². The largest absolute Gasteiger partial charge is 0.493 e. The molecule has 0 radical (unpaired) electrons. The van der Waals surface area contributed by atoms with Gasteiger partial charge in [0.1, 0.15) is 6.61 Å². The van der Waals surface area contributed by atoms with Crippen molar-refractivity contribution in [3.63, 3.8) is 0 Å². The van der Waals surface area contributed by atoms with Crippen LogP contribution in [0, 0.1) is 6.92 Å². The maximum Gasteiger partial charge on any atom is 0.255 e. The first-order valence-corrected chi connectivity index (χ1v) is 9.77. The number of nitrogens with one attached hydrogen (secondary N) is 1. The number of halogens is 2. The molecule has 3 aromatic rings. The Morgan fingerprint density at radius 2 is 1.86 bits per heavy atom. The van der Waals surface area contributed by atoms with E-state index in [0.29, 0.717) is 38.9 Å². The normalized spacial score (nSPS) is 10.4. The molecule has 3 aromatic carbocycles. The third-order valence-electron chi connectivity index (χ3n) is 4.18. The molecular formula is C22H19BrClNO3. The number of aryl methyl sites for hydroxylation is 1. The number of rotatable bonds is 6. The first-order chi connectivity index (χ1) is 13.5. The molecule has 0 aliphatic heterocycles.